The Morgan fingerprint density at radius 2 is 1.80 bits per heavy atom. The fourth-order valence-electron chi connectivity index (χ4n) is 3.85. The van der Waals surface area contributed by atoms with Crippen molar-refractivity contribution in [1.82, 2.24) is 0 Å². The predicted octanol–water partition coefficient (Wildman–Crippen LogP) is 4.06. The third-order valence-electron chi connectivity index (χ3n) is 5.51. The van der Waals surface area contributed by atoms with Crippen molar-refractivity contribution in [2.45, 2.75) is 37.0 Å². The molecular formula is C23H26O6S. The zero-order valence-electron chi connectivity index (χ0n) is 17.2. The topological polar surface area (TPSA) is 63.2 Å². The maximum atomic E-state index is 12.8. The molecule has 2 aromatic carbocycles. The molecule has 0 bridgehead atoms. The Labute approximate surface area is 180 Å². The van der Waals surface area contributed by atoms with Gasteiger partial charge in [-0.05, 0) is 30.5 Å². The highest BCUT2D eigenvalue weighted by Gasteiger charge is 2.50. The van der Waals surface area contributed by atoms with Gasteiger partial charge in [-0.15, -0.1) is 11.8 Å². The summed E-state index contributed by atoms with van der Waals surface area (Å²) in [6, 6.07) is 16.6. The van der Waals surface area contributed by atoms with E-state index in [1.165, 1.54) is 0 Å². The summed E-state index contributed by atoms with van der Waals surface area (Å²) in [5.41, 5.74) is 1.29. The first kappa shape index (κ1) is 21.2. The Bertz CT molecular complexity index is 843. The summed E-state index contributed by atoms with van der Waals surface area (Å²) in [5.74, 6) is 0.368. The maximum Gasteiger partial charge on any atom is 0.338 e. The van der Waals surface area contributed by atoms with Gasteiger partial charge in [-0.2, -0.15) is 0 Å². The van der Waals surface area contributed by atoms with Crippen LogP contribution in [0.2, 0.25) is 0 Å². The summed E-state index contributed by atoms with van der Waals surface area (Å²) in [5, 5.41) is 0. The van der Waals surface area contributed by atoms with Crippen LogP contribution in [0.3, 0.4) is 0 Å². The van der Waals surface area contributed by atoms with E-state index < -0.39 is 18.5 Å². The fraction of sp³-hybridized carbons (Fsp3) is 0.435. The van der Waals surface area contributed by atoms with Gasteiger partial charge in [0, 0.05) is 11.5 Å². The van der Waals surface area contributed by atoms with Gasteiger partial charge in [0.25, 0.3) is 0 Å². The molecule has 2 heterocycles. The number of ether oxygens (including phenoxy) is 5. The first-order valence-electron chi connectivity index (χ1n) is 9.96. The molecule has 2 aliphatic rings. The van der Waals surface area contributed by atoms with Crippen LogP contribution in [-0.2, 0) is 18.9 Å². The lowest BCUT2D eigenvalue weighted by atomic mass is 9.92. The summed E-state index contributed by atoms with van der Waals surface area (Å²) in [6.07, 6.45) is 0.260. The zero-order chi connectivity index (χ0) is 21.1. The molecule has 2 aromatic rings. The van der Waals surface area contributed by atoms with E-state index in [2.05, 4.69) is 0 Å². The lowest BCUT2D eigenvalue weighted by Crippen LogP contribution is -2.59. The average Bonchev–Trinajstić information content (AvgIpc) is 2.81. The SMILES string of the molecule is COc1ccc(C2OCC3O[C@@H](SC)C(C)[C@@H](OC(=O)c4ccccc4)[C@H]3O2)cc1. The quantitative estimate of drug-likeness (QED) is 0.663. The van der Waals surface area contributed by atoms with Gasteiger partial charge < -0.3 is 23.7 Å². The van der Waals surface area contributed by atoms with Crippen LogP contribution in [0.25, 0.3) is 0 Å². The second-order valence-corrected chi connectivity index (χ2v) is 8.35. The molecule has 2 saturated heterocycles. The molecular weight excluding hydrogens is 404 g/mol. The van der Waals surface area contributed by atoms with Crippen LogP contribution >= 0.6 is 11.8 Å². The van der Waals surface area contributed by atoms with Gasteiger partial charge in [-0.25, -0.2) is 4.79 Å². The minimum atomic E-state index is -0.559. The normalized spacial score (nSPS) is 30.9. The zero-order valence-corrected chi connectivity index (χ0v) is 18.0. The molecule has 30 heavy (non-hydrogen) atoms. The maximum absolute atomic E-state index is 12.8. The van der Waals surface area contributed by atoms with E-state index >= 15 is 0 Å². The van der Waals surface area contributed by atoms with Crippen molar-refractivity contribution < 1.29 is 28.5 Å². The number of fused-ring (bicyclic) bond motifs is 1. The molecule has 0 aromatic heterocycles. The molecule has 2 fully saturated rings. The Hall–Kier alpha value is -2.06. The van der Waals surface area contributed by atoms with Crippen LogP contribution in [0.1, 0.15) is 29.1 Å². The molecule has 0 aliphatic carbocycles. The molecule has 0 spiro atoms. The van der Waals surface area contributed by atoms with Crippen LogP contribution in [0.4, 0.5) is 0 Å². The van der Waals surface area contributed by atoms with Gasteiger partial charge in [0.05, 0.1) is 19.3 Å². The van der Waals surface area contributed by atoms with Gasteiger partial charge in [0.1, 0.15) is 29.5 Å². The highest BCUT2D eigenvalue weighted by molar-refractivity contribution is 7.99. The number of esters is 1. The first-order valence-corrected chi connectivity index (χ1v) is 11.2. The van der Waals surface area contributed by atoms with Crippen molar-refractivity contribution in [3.8, 4) is 5.75 Å². The molecule has 4 rings (SSSR count). The number of methoxy groups -OCH3 is 1. The van der Waals surface area contributed by atoms with E-state index in [-0.39, 0.29) is 23.4 Å². The van der Waals surface area contributed by atoms with Gasteiger partial charge in [0.15, 0.2) is 6.29 Å². The van der Waals surface area contributed by atoms with E-state index in [9.17, 15) is 4.79 Å². The summed E-state index contributed by atoms with van der Waals surface area (Å²) < 4.78 is 29.6. The highest BCUT2D eigenvalue weighted by atomic mass is 32.2. The van der Waals surface area contributed by atoms with Crippen molar-refractivity contribution in [2.24, 2.45) is 5.92 Å². The molecule has 7 heteroatoms. The van der Waals surface area contributed by atoms with Gasteiger partial charge >= 0.3 is 5.97 Å². The molecule has 2 aliphatic heterocycles. The monoisotopic (exact) mass is 430 g/mol. The minimum Gasteiger partial charge on any atom is -0.497 e. The third-order valence-corrected chi connectivity index (χ3v) is 6.52. The summed E-state index contributed by atoms with van der Waals surface area (Å²) in [6.45, 7) is 2.39. The minimum absolute atomic E-state index is 0.0384. The van der Waals surface area contributed by atoms with E-state index in [1.807, 2.05) is 55.6 Å². The van der Waals surface area contributed by atoms with Crippen LogP contribution in [0, 0.1) is 5.92 Å². The van der Waals surface area contributed by atoms with E-state index in [1.54, 1.807) is 31.0 Å². The smallest absolute Gasteiger partial charge is 0.338 e. The predicted molar refractivity (Wildman–Crippen MR) is 114 cm³/mol. The largest absolute Gasteiger partial charge is 0.497 e. The van der Waals surface area contributed by atoms with E-state index in [4.69, 9.17) is 23.7 Å². The van der Waals surface area contributed by atoms with Crippen molar-refractivity contribution >= 4 is 17.7 Å². The molecule has 3 unspecified atom stereocenters. The lowest BCUT2D eigenvalue weighted by molar-refractivity contribution is -0.310. The number of hydrogen-bond acceptors (Lipinski definition) is 7. The van der Waals surface area contributed by atoms with Crippen molar-refractivity contribution in [3.05, 3.63) is 65.7 Å². The van der Waals surface area contributed by atoms with E-state index in [0.29, 0.717) is 12.2 Å². The second kappa shape index (κ2) is 9.39. The molecule has 0 amide bonds. The molecule has 6 atom stereocenters. The Kier molecular flexibility index (Phi) is 6.63. The molecule has 0 N–H and O–H groups in total. The lowest BCUT2D eigenvalue weighted by Gasteiger charge is -2.48. The molecule has 0 radical (unpaired) electrons. The van der Waals surface area contributed by atoms with Crippen molar-refractivity contribution in [2.75, 3.05) is 20.0 Å². The van der Waals surface area contributed by atoms with Crippen LogP contribution in [-0.4, -0.2) is 49.7 Å². The second-order valence-electron chi connectivity index (χ2n) is 7.41. The number of rotatable bonds is 5. The number of thioether (sulfide) groups is 1. The molecule has 6 nitrogen and oxygen atoms in total. The first-order chi connectivity index (χ1) is 14.6. The highest BCUT2D eigenvalue weighted by Crippen LogP contribution is 2.40. The van der Waals surface area contributed by atoms with Gasteiger partial charge in [-0.1, -0.05) is 37.3 Å². The van der Waals surface area contributed by atoms with Gasteiger partial charge in [0.2, 0.25) is 0 Å². The Balaban J connectivity index is 1.55. The fourth-order valence-corrected chi connectivity index (χ4v) is 4.69. The Morgan fingerprint density at radius 1 is 1.07 bits per heavy atom. The number of carbonyl (C=O) groups is 1. The molecule has 0 saturated carbocycles. The number of hydrogen-bond donors (Lipinski definition) is 0. The number of carbonyl (C=O) groups excluding carboxylic acids is 1. The van der Waals surface area contributed by atoms with Crippen LogP contribution in [0.15, 0.2) is 54.6 Å². The van der Waals surface area contributed by atoms with Crippen LogP contribution < -0.4 is 4.74 Å². The van der Waals surface area contributed by atoms with Crippen molar-refractivity contribution in [3.63, 3.8) is 0 Å². The van der Waals surface area contributed by atoms with Crippen molar-refractivity contribution in [1.29, 1.82) is 0 Å². The third kappa shape index (κ3) is 4.34. The summed E-state index contributed by atoms with van der Waals surface area (Å²) in [4.78, 5) is 12.8. The van der Waals surface area contributed by atoms with E-state index in [0.717, 1.165) is 11.3 Å². The number of benzene rings is 2. The van der Waals surface area contributed by atoms with Crippen LogP contribution in [0.5, 0.6) is 5.75 Å². The summed E-state index contributed by atoms with van der Waals surface area (Å²) >= 11 is 1.60. The summed E-state index contributed by atoms with van der Waals surface area (Å²) in [7, 11) is 1.63. The standard InChI is InChI=1S/C23H26O6S/c1-14-19(28-21(24)15-7-5-4-6-8-15)20-18(27-23(14)30-3)13-26-22(29-20)16-9-11-17(25-2)12-10-16/h4-12,14,18-20,22-23H,13H2,1-3H3/t14?,18?,19-,20+,22?,23+/m1/s1. The Morgan fingerprint density at radius 3 is 2.47 bits per heavy atom. The molecule has 160 valence electrons. The van der Waals surface area contributed by atoms with Gasteiger partial charge in [-0.3, -0.25) is 0 Å². The average molecular weight is 431 g/mol.